The van der Waals surface area contributed by atoms with E-state index in [0.29, 0.717) is 5.56 Å². The maximum atomic E-state index is 15.0. The highest BCUT2D eigenvalue weighted by molar-refractivity contribution is 5.79. The van der Waals surface area contributed by atoms with Crippen molar-refractivity contribution in [3.8, 4) is 5.69 Å². The van der Waals surface area contributed by atoms with Crippen LogP contribution in [-0.4, -0.2) is 33.9 Å². The minimum absolute atomic E-state index is 0.0642. The van der Waals surface area contributed by atoms with Crippen LogP contribution in [0.1, 0.15) is 11.6 Å². The molecule has 4 aromatic rings. The number of fused-ring (bicyclic) bond motifs is 1. The first-order chi connectivity index (χ1) is 14.9. The number of hydrogen-bond acceptors (Lipinski definition) is 3. The number of rotatable bonds is 6. The first-order valence-electron chi connectivity index (χ1n) is 9.68. The molecule has 0 saturated heterocycles. The van der Waals surface area contributed by atoms with Crippen molar-refractivity contribution in [2.24, 2.45) is 0 Å². The van der Waals surface area contributed by atoms with Gasteiger partial charge in [0.25, 0.3) is 0 Å². The molecule has 0 saturated carbocycles. The van der Waals surface area contributed by atoms with Crippen LogP contribution in [0.2, 0.25) is 0 Å². The minimum atomic E-state index is -1.18. The summed E-state index contributed by atoms with van der Waals surface area (Å²) in [6.45, 7) is 0.0642. The Balaban J connectivity index is 2.08. The van der Waals surface area contributed by atoms with Crippen molar-refractivity contribution in [3.05, 3.63) is 100 Å². The molecule has 0 aliphatic heterocycles. The molecule has 5 nitrogen and oxygen atoms in total. The largest absolute Gasteiger partial charge is 0.389 e. The molecule has 0 spiro atoms. The van der Waals surface area contributed by atoms with Gasteiger partial charge >= 0.3 is 5.69 Å². The summed E-state index contributed by atoms with van der Waals surface area (Å²) in [5.41, 5.74) is -0.0446. The van der Waals surface area contributed by atoms with E-state index in [1.807, 2.05) is 0 Å². The van der Waals surface area contributed by atoms with E-state index in [9.17, 15) is 18.7 Å². The lowest BCUT2D eigenvalue weighted by molar-refractivity contribution is 0.130. The van der Waals surface area contributed by atoms with Gasteiger partial charge in [-0.05, 0) is 55.1 Å². The van der Waals surface area contributed by atoms with Crippen molar-refractivity contribution in [3.63, 3.8) is 0 Å². The zero-order valence-electron chi connectivity index (χ0n) is 16.6. The lowest BCUT2D eigenvalue weighted by atomic mass is 10.0. The summed E-state index contributed by atoms with van der Waals surface area (Å²) in [6, 6.07) is 13.9. The highest BCUT2D eigenvalue weighted by Crippen LogP contribution is 2.29. The van der Waals surface area contributed by atoms with Crippen molar-refractivity contribution in [2.75, 3.05) is 13.6 Å². The van der Waals surface area contributed by atoms with E-state index in [-0.39, 0.29) is 23.3 Å². The number of imidazole rings is 1. The van der Waals surface area contributed by atoms with Crippen molar-refractivity contribution < 1.29 is 18.3 Å². The molecule has 2 N–H and O–H groups in total. The van der Waals surface area contributed by atoms with E-state index < -0.39 is 35.3 Å². The predicted molar refractivity (Wildman–Crippen MR) is 112 cm³/mol. The van der Waals surface area contributed by atoms with Crippen LogP contribution in [0.5, 0.6) is 0 Å². The van der Waals surface area contributed by atoms with E-state index in [4.69, 9.17) is 0 Å². The van der Waals surface area contributed by atoms with Crippen molar-refractivity contribution in [2.45, 2.75) is 12.1 Å². The first kappa shape index (κ1) is 20.9. The second kappa shape index (κ2) is 8.41. The maximum absolute atomic E-state index is 15.0. The van der Waals surface area contributed by atoms with Crippen LogP contribution < -0.4 is 11.0 Å². The Bertz CT molecular complexity index is 1300. The van der Waals surface area contributed by atoms with Crippen LogP contribution in [0.15, 0.2) is 71.5 Å². The van der Waals surface area contributed by atoms with Crippen molar-refractivity contribution in [1.82, 2.24) is 14.5 Å². The Hall–Kier alpha value is -3.36. The second-order valence-electron chi connectivity index (χ2n) is 7.20. The Morgan fingerprint density at radius 2 is 1.65 bits per heavy atom. The van der Waals surface area contributed by atoms with E-state index >= 15 is 4.39 Å². The lowest BCUT2D eigenvalue weighted by Gasteiger charge is -2.25. The van der Waals surface area contributed by atoms with Gasteiger partial charge in [0.2, 0.25) is 0 Å². The topological polar surface area (TPSA) is 59.2 Å². The summed E-state index contributed by atoms with van der Waals surface area (Å²) < 4.78 is 45.2. The molecule has 3 aromatic carbocycles. The summed E-state index contributed by atoms with van der Waals surface area (Å²) in [5.74, 6) is -1.80. The zero-order chi connectivity index (χ0) is 22.1. The molecule has 160 valence electrons. The van der Waals surface area contributed by atoms with Gasteiger partial charge in [0, 0.05) is 6.54 Å². The van der Waals surface area contributed by atoms with Gasteiger partial charge in [-0.2, -0.15) is 0 Å². The van der Waals surface area contributed by atoms with Gasteiger partial charge in [-0.1, -0.05) is 24.3 Å². The van der Waals surface area contributed by atoms with E-state index in [2.05, 4.69) is 5.32 Å². The van der Waals surface area contributed by atoms with Crippen LogP contribution >= 0.6 is 0 Å². The average Bonchev–Trinajstić information content (AvgIpc) is 3.02. The van der Waals surface area contributed by atoms with E-state index in [0.717, 1.165) is 10.6 Å². The smallest absolute Gasteiger partial charge is 0.334 e. The lowest BCUT2D eigenvalue weighted by Crippen LogP contribution is -2.38. The highest BCUT2D eigenvalue weighted by atomic mass is 19.1. The first-order valence-corrected chi connectivity index (χ1v) is 9.68. The molecule has 1 heterocycles. The Morgan fingerprint density at radius 3 is 2.32 bits per heavy atom. The second-order valence-corrected chi connectivity index (χ2v) is 7.20. The Kier molecular flexibility index (Phi) is 5.67. The Labute approximate surface area is 176 Å². The van der Waals surface area contributed by atoms with Crippen LogP contribution in [0.3, 0.4) is 0 Å². The van der Waals surface area contributed by atoms with Gasteiger partial charge in [0.05, 0.1) is 23.3 Å². The van der Waals surface area contributed by atoms with Gasteiger partial charge < -0.3 is 10.4 Å². The molecule has 0 bridgehead atoms. The number of aliphatic hydroxyl groups is 1. The number of nitrogens with zero attached hydrogens (tertiary/aromatic N) is 2. The zero-order valence-corrected chi connectivity index (χ0v) is 16.6. The van der Waals surface area contributed by atoms with Crippen LogP contribution in [0.4, 0.5) is 13.2 Å². The molecule has 31 heavy (non-hydrogen) atoms. The molecule has 0 aliphatic rings. The van der Waals surface area contributed by atoms with Gasteiger partial charge in [0.1, 0.15) is 23.0 Å². The molecule has 0 fully saturated rings. The van der Waals surface area contributed by atoms with Crippen LogP contribution in [0.25, 0.3) is 16.7 Å². The third kappa shape index (κ3) is 3.75. The Morgan fingerprint density at radius 1 is 0.968 bits per heavy atom. The molecule has 2 unspecified atom stereocenters. The number of para-hydroxylation sites is 1. The number of nitrogens with one attached hydrogen (secondary N) is 1. The minimum Gasteiger partial charge on any atom is -0.389 e. The maximum Gasteiger partial charge on any atom is 0.334 e. The van der Waals surface area contributed by atoms with E-state index in [1.165, 1.54) is 59.2 Å². The average molecular weight is 427 g/mol. The fourth-order valence-corrected chi connectivity index (χ4v) is 3.91. The standard InChI is InChI=1S/C23H20F3N3O2/c1-27-13-20(30)21(14-5-2-6-15(24)11-14)29-22-18(26)9-4-10-19(22)28(23(29)31)17-8-3-7-16(25)12-17/h2-12,20-21,27,30H,13H2,1H3. The highest BCUT2D eigenvalue weighted by Gasteiger charge is 2.30. The summed E-state index contributed by atoms with van der Waals surface area (Å²) in [4.78, 5) is 13.6. The third-order valence-electron chi connectivity index (χ3n) is 5.16. The predicted octanol–water partition coefficient (Wildman–Crippen LogP) is 3.38. The van der Waals surface area contributed by atoms with Gasteiger partial charge in [-0.3, -0.25) is 9.13 Å². The molecule has 1 aromatic heterocycles. The molecular weight excluding hydrogens is 407 g/mol. The number of aliphatic hydroxyl groups excluding tert-OH is 1. The summed E-state index contributed by atoms with van der Waals surface area (Å²) in [5, 5.41) is 13.7. The number of aromatic nitrogens is 2. The summed E-state index contributed by atoms with van der Waals surface area (Å²) >= 11 is 0. The van der Waals surface area contributed by atoms with Crippen molar-refractivity contribution >= 4 is 11.0 Å². The van der Waals surface area contributed by atoms with E-state index in [1.54, 1.807) is 13.1 Å². The molecule has 4 rings (SSSR count). The fourth-order valence-electron chi connectivity index (χ4n) is 3.91. The van der Waals surface area contributed by atoms with Gasteiger partial charge in [-0.25, -0.2) is 18.0 Å². The number of likely N-dealkylation sites (N-methyl/N-ethyl adjacent to an activating group) is 1. The van der Waals surface area contributed by atoms with Crippen LogP contribution in [-0.2, 0) is 0 Å². The number of halogens is 3. The molecule has 0 radical (unpaired) electrons. The summed E-state index contributed by atoms with van der Waals surface area (Å²) in [7, 11) is 1.62. The van der Waals surface area contributed by atoms with Crippen LogP contribution in [0, 0.1) is 17.5 Å². The molecule has 8 heteroatoms. The van der Waals surface area contributed by atoms with Crippen molar-refractivity contribution in [1.29, 1.82) is 0 Å². The monoisotopic (exact) mass is 427 g/mol. The molecule has 0 amide bonds. The normalized spacial score (nSPS) is 13.5. The SMILES string of the molecule is CNCC(O)C(c1cccc(F)c1)n1c(=O)n(-c2cccc(F)c2)c2cccc(F)c21. The third-order valence-corrected chi connectivity index (χ3v) is 5.16. The molecule has 2 atom stereocenters. The fraction of sp³-hybridized carbons (Fsp3) is 0.174. The number of hydrogen-bond donors (Lipinski definition) is 2. The molecule has 0 aliphatic carbocycles. The van der Waals surface area contributed by atoms with Gasteiger partial charge in [0.15, 0.2) is 0 Å². The quantitative estimate of drug-likeness (QED) is 0.496. The van der Waals surface area contributed by atoms with Gasteiger partial charge in [-0.15, -0.1) is 0 Å². The number of benzene rings is 3. The molecular formula is C23H20F3N3O2. The summed E-state index contributed by atoms with van der Waals surface area (Å²) in [6.07, 6.45) is -1.18.